The van der Waals surface area contributed by atoms with Crippen LogP contribution >= 0.6 is 39.1 Å². The Morgan fingerprint density at radius 3 is 2.38 bits per heavy atom. The summed E-state index contributed by atoms with van der Waals surface area (Å²) in [6.45, 7) is 2.77. The maximum absolute atomic E-state index is 13.8. The van der Waals surface area contributed by atoms with E-state index in [0.29, 0.717) is 20.9 Å². The molecule has 0 aromatic heterocycles. The van der Waals surface area contributed by atoms with E-state index in [1.807, 2.05) is 31.2 Å². The molecule has 0 heterocycles. The van der Waals surface area contributed by atoms with E-state index in [-0.39, 0.29) is 11.9 Å². The lowest BCUT2D eigenvalue weighted by atomic mass is 9.98. The van der Waals surface area contributed by atoms with Gasteiger partial charge in [0.2, 0.25) is 0 Å². The summed E-state index contributed by atoms with van der Waals surface area (Å²) in [5, 5.41) is 4.60. The summed E-state index contributed by atoms with van der Waals surface area (Å²) >= 11 is 15.8. The van der Waals surface area contributed by atoms with Gasteiger partial charge in [-0.15, -0.1) is 0 Å². The van der Waals surface area contributed by atoms with E-state index in [0.717, 1.165) is 17.7 Å². The number of halogens is 4. The van der Waals surface area contributed by atoms with Crippen molar-refractivity contribution in [2.75, 3.05) is 6.54 Å². The van der Waals surface area contributed by atoms with Gasteiger partial charge in [0, 0.05) is 16.1 Å². The first-order valence-corrected chi connectivity index (χ1v) is 8.19. The molecule has 1 nitrogen and oxygen atoms in total. The van der Waals surface area contributed by atoms with Crippen LogP contribution in [-0.2, 0) is 6.42 Å². The lowest BCUT2D eigenvalue weighted by Crippen LogP contribution is -2.23. The van der Waals surface area contributed by atoms with E-state index in [1.165, 1.54) is 6.07 Å². The van der Waals surface area contributed by atoms with E-state index < -0.39 is 0 Å². The third kappa shape index (κ3) is 3.98. The highest BCUT2D eigenvalue weighted by molar-refractivity contribution is 9.10. The molecule has 112 valence electrons. The standard InChI is InChI=1S/C16H15BrCl2FN/c1-2-21-15(10-5-3-8-14(20)16(10)17)9-11-12(18)6-4-7-13(11)19/h3-8,15,21H,2,9H2,1H3. The normalized spacial score (nSPS) is 12.4. The zero-order chi connectivity index (χ0) is 15.4. The molecule has 0 spiro atoms. The minimum atomic E-state index is -0.277. The highest BCUT2D eigenvalue weighted by Gasteiger charge is 2.19. The average Bonchev–Trinajstić information content (AvgIpc) is 2.45. The quantitative estimate of drug-likeness (QED) is 0.681. The van der Waals surface area contributed by atoms with Gasteiger partial charge >= 0.3 is 0 Å². The van der Waals surface area contributed by atoms with Crippen LogP contribution in [0.25, 0.3) is 0 Å². The molecule has 0 radical (unpaired) electrons. The summed E-state index contributed by atoms with van der Waals surface area (Å²) in [4.78, 5) is 0. The Kier molecular flexibility index (Phi) is 6.06. The third-order valence-corrected chi connectivity index (χ3v) is 4.82. The van der Waals surface area contributed by atoms with Gasteiger partial charge in [-0.3, -0.25) is 0 Å². The Balaban J connectivity index is 2.38. The fourth-order valence-electron chi connectivity index (χ4n) is 2.26. The lowest BCUT2D eigenvalue weighted by Gasteiger charge is -2.21. The minimum absolute atomic E-state index is 0.0718. The van der Waals surface area contributed by atoms with Crippen molar-refractivity contribution in [3.05, 3.63) is 67.9 Å². The van der Waals surface area contributed by atoms with Crippen LogP contribution in [0.5, 0.6) is 0 Å². The average molecular weight is 391 g/mol. The SMILES string of the molecule is CCNC(Cc1c(Cl)cccc1Cl)c1cccc(F)c1Br. The van der Waals surface area contributed by atoms with Crippen LogP contribution in [0.4, 0.5) is 4.39 Å². The van der Waals surface area contributed by atoms with Crippen LogP contribution in [0.2, 0.25) is 10.0 Å². The number of benzene rings is 2. The molecule has 0 aliphatic carbocycles. The zero-order valence-corrected chi connectivity index (χ0v) is 14.6. The maximum Gasteiger partial charge on any atom is 0.137 e. The van der Waals surface area contributed by atoms with Crippen LogP contribution in [0, 0.1) is 5.82 Å². The first kappa shape index (κ1) is 16.8. The van der Waals surface area contributed by atoms with E-state index in [1.54, 1.807) is 6.07 Å². The Labute approximate surface area is 142 Å². The molecular formula is C16H15BrCl2FN. The summed E-state index contributed by atoms with van der Waals surface area (Å²) < 4.78 is 14.2. The number of rotatable bonds is 5. The Bertz CT molecular complexity index is 613. The molecule has 2 aromatic rings. The fourth-order valence-corrected chi connectivity index (χ4v) is 3.35. The second-order valence-electron chi connectivity index (χ2n) is 4.66. The number of likely N-dealkylation sites (N-methyl/N-ethyl adjacent to an activating group) is 1. The Morgan fingerprint density at radius 1 is 1.14 bits per heavy atom. The van der Waals surface area contributed by atoms with Crippen molar-refractivity contribution in [1.82, 2.24) is 5.32 Å². The van der Waals surface area contributed by atoms with Crippen LogP contribution < -0.4 is 5.32 Å². The topological polar surface area (TPSA) is 12.0 Å². The van der Waals surface area contributed by atoms with Gasteiger partial charge in [-0.2, -0.15) is 0 Å². The Hall–Kier alpha value is -0.610. The molecule has 0 aliphatic rings. The predicted octanol–water partition coefficient (Wildman–Crippen LogP) is 5.79. The largest absolute Gasteiger partial charge is 0.310 e. The molecule has 0 fully saturated rings. The highest BCUT2D eigenvalue weighted by Crippen LogP contribution is 2.32. The molecule has 1 N–H and O–H groups in total. The van der Waals surface area contributed by atoms with Gasteiger partial charge in [-0.25, -0.2) is 4.39 Å². The molecule has 0 saturated heterocycles. The molecular weight excluding hydrogens is 376 g/mol. The minimum Gasteiger partial charge on any atom is -0.310 e. The lowest BCUT2D eigenvalue weighted by molar-refractivity contribution is 0.539. The molecule has 21 heavy (non-hydrogen) atoms. The monoisotopic (exact) mass is 389 g/mol. The molecule has 1 unspecified atom stereocenters. The molecule has 0 saturated carbocycles. The predicted molar refractivity (Wildman–Crippen MR) is 90.7 cm³/mol. The highest BCUT2D eigenvalue weighted by atomic mass is 79.9. The molecule has 0 aliphatic heterocycles. The molecule has 0 bridgehead atoms. The van der Waals surface area contributed by atoms with E-state index in [4.69, 9.17) is 23.2 Å². The van der Waals surface area contributed by atoms with Gasteiger partial charge in [0.25, 0.3) is 0 Å². The van der Waals surface area contributed by atoms with Crippen molar-refractivity contribution in [3.63, 3.8) is 0 Å². The second kappa shape index (κ2) is 7.59. The van der Waals surface area contributed by atoms with Crippen molar-refractivity contribution in [3.8, 4) is 0 Å². The van der Waals surface area contributed by atoms with E-state index in [9.17, 15) is 4.39 Å². The van der Waals surface area contributed by atoms with Gasteiger partial charge < -0.3 is 5.32 Å². The first-order chi connectivity index (χ1) is 10.0. The van der Waals surface area contributed by atoms with Crippen LogP contribution in [0.15, 0.2) is 40.9 Å². The fraction of sp³-hybridized carbons (Fsp3) is 0.250. The van der Waals surface area contributed by atoms with E-state index >= 15 is 0 Å². The van der Waals surface area contributed by atoms with Crippen molar-refractivity contribution < 1.29 is 4.39 Å². The van der Waals surface area contributed by atoms with Crippen LogP contribution in [0.3, 0.4) is 0 Å². The second-order valence-corrected chi connectivity index (χ2v) is 6.27. The van der Waals surface area contributed by atoms with Crippen molar-refractivity contribution in [2.24, 2.45) is 0 Å². The summed E-state index contributed by atoms with van der Waals surface area (Å²) in [6.07, 6.45) is 0.592. The molecule has 0 amide bonds. The van der Waals surface area contributed by atoms with Crippen LogP contribution in [-0.4, -0.2) is 6.54 Å². The summed E-state index contributed by atoms with van der Waals surface area (Å²) in [6, 6.07) is 10.4. The first-order valence-electron chi connectivity index (χ1n) is 6.64. The van der Waals surface area contributed by atoms with Gasteiger partial charge in [0.15, 0.2) is 0 Å². The summed E-state index contributed by atoms with van der Waals surface area (Å²) in [5.74, 6) is -0.277. The smallest absolute Gasteiger partial charge is 0.137 e. The maximum atomic E-state index is 13.8. The van der Waals surface area contributed by atoms with Gasteiger partial charge in [0.05, 0.1) is 4.47 Å². The molecule has 5 heteroatoms. The van der Waals surface area contributed by atoms with Crippen molar-refractivity contribution >= 4 is 39.1 Å². The summed E-state index contributed by atoms with van der Waals surface area (Å²) in [7, 11) is 0. The molecule has 2 aromatic carbocycles. The Morgan fingerprint density at radius 2 is 1.76 bits per heavy atom. The van der Waals surface area contributed by atoms with Gasteiger partial charge in [-0.05, 0) is 58.2 Å². The van der Waals surface area contributed by atoms with E-state index in [2.05, 4.69) is 21.2 Å². The van der Waals surface area contributed by atoms with Crippen LogP contribution in [0.1, 0.15) is 24.1 Å². The number of hydrogen-bond acceptors (Lipinski definition) is 1. The number of nitrogens with one attached hydrogen (secondary N) is 1. The number of hydrogen-bond donors (Lipinski definition) is 1. The molecule has 2 rings (SSSR count). The van der Waals surface area contributed by atoms with Crippen molar-refractivity contribution in [2.45, 2.75) is 19.4 Å². The van der Waals surface area contributed by atoms with Gasteiger partial charge in [0.1, 0.15) is 5.82 Å². The van der Waals surface area contributed by atoms with Gasteiger partial charge in [-0.1, -0.05) is 48.3 Å². The molecule has 1 atom stereocenters. The van der Waals surface area contributed by atoms with Crippen molar-refractivity contribution in [1.29, 1.82) is 0 Å². The third-order valence-electron chi connectivity index (χ3n) is 3.28. The zero-order valence-electron chi connectivity index (χ0n) is 11.5. The summed E-state index contributed by atoms with van der Waals surface area (Å²) in [5.41, 5.74) is 1.72.